The first-order valence-electron chi connectivity index (χ1n) is 4.18. The summed E-state index contributed by atoms with van der Waals surface area (Å²) in [5, 5.41) is 12.5. The summed E-state index contributed by atoms with van der Waals surface area (Å²) in [5.41, 5.74) is 13.9. The molecule has 1 aromatic heterocycles. The van der Waals surface area contributed by atoms with Crippen LogP contribution >= 0.6 is 0 Å². The second-order valence-corrected chi connectivity index (χ2v) is 2.63. The Morgan fingerprint density at radius 2 is 2.47 bits per heavy atom. The van der Waals surface area contributed by atoms with Crippen molar-refractivity contribution in [2.45, 2.75) is 6.42 Å². The smallest absolute Gasteiger partial charge is 0.165 e. The van der Waals surface area contributed by atoms with Crippen LogP contribution in [0.4, 0.5) is 5.82 Å². The summed E-state index contributed by atoms with van der Waals surface area (Å²) < 4.78 is 0. The number of anilines is 1. The van der Waals surface area contributed by atoms with E-state index in [0.29, 0.717) is 18.5 Å². The van der Waals surface area contributed by atoms with Gasteiger partial charge in [-0.2, -0.15) is 0 Å². The Morgan fingerprint density at radius 3 is 3.13 bits per heavy atom. The number of nitrogen functional groups attached to an aromatic ring is 1. The van der Waals surface area contributed by atoms with Gasteiger partial charge in [0.05, 0.1) is 0 Å². The summed E-state index contributed by atoms with van der Waals surface area (Å²) in [6, 6.07) is 1.43. The van der Waals surface area contributed by atoms with Gasteiger partial charge in [-0.3, -0.25) is 0 Å². The molecule has 0 saturated carbocycles. The topological polar surface area (TPSA) is 108 Å². The standard InChI is InChI=1S/C9H9N5O/c10-9-8(15)5-7(6-12-9)3-1-2-4-13-14-11/h5-6,15H,2,4H2,(H2,10,12). The van der Waals surface area contributed by atoms with Crippen molar-refractivity contribution in [3.63, 3.8) is 0 Å². The Labute approximate surface area is 86.4 Å². The number of hydrogen-bond acceptors (Lipinski definition) is 4. The van der Waals surface area contributed by atoms with E-state index < -0.39 is 0 Å². The highest BCUT2D eigenvalue weighted by atomic mass is 16.3. The number of pyridine rings is 1. The van der Waals surface area contributed by atoms with Crippen molar-refractivity contribution in [1.82, 2.24) is 4.98 Å². The van der Waals surface area contributed by atoms with Gasteiger partial charge >= 0.3 is 0 Å². The summed E-state index contributed by atoms with van der Waals surface area (Å²) in [7, 11) is 0. The number of nitrogens with zero attached hydrogens (tertiary/aromatic N) is 4. The van der Waals surface area contributed by atoms with Gasteiger partial charge in [-0.05, 0) is 5.53 Å². The maximum atomic E-state index is 9.22. The molecular formula is C9H9N5O. The van der Waals surface area contributed by atoms with Crippen LogP contribution < -0.4 is 5.73 Å². The number of hydrogen-bond donors (Lipinski definition) is 2. The molecule has 15 heavy (non-hydrogen) atoms. The number of rotatable bonds is 2. The molecule has 0 aliphatic heterocycles. The zero-order valence-corrected chi connectivity index (χ0v) is 7.88. The van der Waals surface area contributed by atoms with E-state index in [-0.39, 0.29) is 11.6 Å². The largest absolute Gasteiger partial charge is 0.504 e. The average Bonchev–Trinajstić information content (AvgIpc) is 2.23. The molecule has 1 rings (SSSR count). The first kappa shape index (κ1) is 10.7. The van der Waals surface area contributed by atoms with Gasteiger partial charge in [0, 0.05) is 35.7 Å². The van der Waals surface area contributed by atoms with Crippen molar-refractivity contribution >= 4 is 5.82 Å². The Morgan fingerprint density at radius 1 is 1.67 bits per heavy atom. The van der Waals surface area contributed by atoms with Crippen LogP contribution in [0.3, 0.4) is 0 Å². The first-order chi connectivity index (χ1) is 7.24. The van der Waals surface area contributed by atoms with Crippen molar-refractivity contribution in [3.05, 3.63) is 28.3 Å². The van der Waals surface area contributed by atoms with Crippen LogP contribution in [0, 0.1) is 11.8 Å². The molecule has 0 amide bonds. The second kappa shape index (κ2) is 5.37. The van der Waals surface area contributed by atoms with Gasteiger partial charge in [0.15, 0.2) is 11.6 Å². The number of aromatic hydroxyl groups is 1. The molecule has 1 heterocycles. The van der Waals surface area contributed by atoms with Crippen molar-refractivity contribution in [3.8, 4) is 17.6 Å². The van der Waals surface area contributed by atoms with E-state index in [1.54, 1.807) is 0 Å². The van der Waals surface area contributed by atoms with Crippen molar-refractivity contribution in [2.75, 3.05) is 12.3 Å². The molecule has 0 aromatic carbocycles. The van der Waals surface area contributed by atoms with E-state index in [4.69, 9.17) is 11.3 Å². The lowest BCUT2D eigenvalue weighted by molar-refractivity contribution is 0.475. The maximum Gasteiger partial charge on any atom is 0.165 e. The fourth-order valence-corrected chi connectivity index (χ4v) is 0.847. The molecule has 6 nitrogen and oxygen atoms in total. The molecular weight excluding hydrogens is 194 g/mol. The predicted molar refractivity (Wildman–Crippen MR) is 55.8 cm³/mol. The highest BCUT2D eigenvalue weighted by Gasteiger charge is 1.96. The number of nitrogens with two attached hydrogens (primary N) is 1. The maximum absolute atomic E-state index is 9.22. The van der Waals surface area contributed by atoms with Gasteiger partial charge < -0.3 is 10.8 Å². The zero-order valence-electron chi connectivity index (χ0n) is 7.88. The third kappa shape index (κ3) is 3.46. The highest BCUT2D eigenvalue weighted by molar-refractivity contribution is 5.49. The summed E-state index contributed by atoms with van der Waals surface area (Å²) in [5.74, 6) is 5.53. The monoisotopic (exact) mass is 203 g/mol. The van der Waals surface area contributed by atoms with Crippen LogP contribution in [-0.2, 0) is 0 Å². The van der Waals surface area contributed by atoms with Gasteiger partial charge in [-0.25, -0.2) is 4.98 Å². The SMILES string of the molecule is [N-]=[N+]=NCCC#Cc1cnc(N)c(O)c1. The molecule has 3 N–H and O–H groups in total. The minimum absolute atomic E-state index is 0.0784. The van der Waals surface area contributed by atoms with E-state index in [2.05, 4.69) is 26.9 Å². The second-order valence-electron chi connectivity index (χ2n) is 2.63. The van der Waals surface area contributed by atoms with Crippen molar-refractivity contribution in [1.29, 1.82) is 0 Å². The summed E-state index contributed by atoms with van der Waals surface area (Å²) in [4.78, 5) is 6.33. The fraction of sp³-hybridized carbons (Fsp3) is 0.222. The molecule has 6 heteroatoms. The molecule has 0 bridgehead atoms. The van der Waals surface area contributed by atoms with E-state index in [0.717, 1.165) is 0 Å². The van der Waals surface area contributed by atoms with E-state index in [9.17, 15) is 5.11 Å². The quantitative estimate of drug-likeness (QED) is 0.249. The molecule has 0 aliphatic carbocycles. The van der Waals surface area contributed by atoms with Gasteiger partial charge in [-0.1, -0.05) is 17.0 Å². The van der Waals surface area contributed by atoms with Gasteiger partial charge in [-0.15, -0.1) is 0 Å². The lowest BCUT2D eigenvalue weighted by atomic mass is 10.2. The van der Waals surface area contributed by atoms with Crippen LogP contribution in [-0.4, -0.2) is 16.6 Å². The lowest BCUT2D eigenvalue weighted by Crippen LogP contribution is -1.90. The third-order valence-corrected chi connectivity index (χ3v) is 1.53. The van der Waals surface area contributed by atoms with Crippen LogP contribution in [0.1, 0.15) is 12.0 Å². The van der Waals surface area contributed by atoms with Crippen LogP contribution in [0.5, 0.6) is 5.75 Å². The fourth-order valence-electron chi connectivity index (χ4n) is 0.847. The van der Waals surface area contributed by atoms with Crippen LogP contribution in [0.2, 0.25) is 0 Å². The molecule has 1 aromatic rings. The Kier molecular flexibility index (Phi) is 3.83. The average molecular weight is 203 g/mol. The number of azide groups is 1. The highest BCUT2D eigenvalue weighted by Crippen LogP contribution is 2.16. The molecule has 0 aliphatic rings. The van der Waals surface area contributed by atoms with Crippen molar-refractivity contribution in [2.24, 2.45) is 5.11 Å². The summed E-state index contributed by atoms with van der Waals surface area (Å²) >= 11 is 0. The minimum Gasteiger partial charge on any atom is -0.504 e. The van der Waals surface area contributed by atoms with Gasteiger partial charge in [0.2, 0.25) is 0 Å². The Hall–Kier alpha value is -2.38. The van der Waals surface area contributed by atoms with Gasteiger partial charge in [0.25, 0.3) is 0 Å². The van der Waals surface area contributed by atoms with E-state index in [1.807, 2.05) is 0 Å². The zero-order chi connectivity index (χ0) is 11.1. The minimum atomic E-state index is -0.0863. The Bertz CT molecular complexity index is 453. The van der Waals surface area contributed by atoms with Crippen LogP contribution in [0.25, 0.3) is 10.4 Å². The predicted octanol–water partition coefficient (Wildman–Crippen LogP) is 1.42. The molecule has 0 atom stereocenters. The Balaban J connectivity index is 2.64. The summed E-state index contributed by atoms with van der Waals surface area (Å²) in [6.07, 6.45) is 1.94. The normalized spacial score (nSPS) is 8.53. The van der Waals surface area contributed by atoms with E-state index in [1.165, 1.54) is 12.3 Å². The molecule has 76 valence electrons. The summed E-state index contributed by atoms with van der Waals surface area (Å²) in [6.45, 7) is 0.331. The molecule has 0 fully saturated rings. The van der Waals surface area contributed by atoms with Crippen molar-refractivity contribution < 1.29 is 5.11 Å². The van der Waals surface area contributed by atoms with Crippen LogP contribution in [0.15, 0.2) is 17.4 Å². The third-order valence-electron chi connectivity index (χ3n) is 1.53. The van der Waals surface area contributed by atoms with Gasteiger partial charge in [0.1, 0.15) is 0 Å². The molecule has 0 saturated heterocycles. The van der Waals surface area contributed by atoms with E-state index >= 15 is 0 Å². The molecule has 0 radical (unpaired) electrons. The first-order valence-corrected chi connectivity index (χ1v) is 4.18. The molecule has 0 spiro atoms. The molecule has 0 unspecified atom stereocenters. The number of aromatic nitrogens is 1. The lowest BCUT2D eigenvalue weighted by Gasteiger charge is -1.96.